The summed E-state index contributed by atoms with van der Waals surface area (Å²) in [5.41, 5.74) is 1.32. The number of hydrogen-bond donors (Lipinski definition) is 1. The van der Waals surface area contributed by atoms with Gasteiger partial charge in [-0.3, -0.25) is 4.79 Å². The van der Waals surface area contributed by atoms with Crippen molar-refractivity contribution >= 4 is 5.69 Å². The predicted molar refractivity (Wildman–Crippen MR) is 103 cm³/mol. The highest BCUT2D eigenvalue weighted by molar-refractivity contribution is 5.52. The van der Waals surface area contributed by atoms with E-state index in [1.807, 2.05) is 0 Å². The van der Waals surface area contributed by atoms with Gasteiger partial charge in [0.25, 0.3) is 5.56 Å². The van der Waals surface area contributed by atoms with E-state index in [9.17, 15) is 13.6 Å². The monoisotopic (exact) mass is 376 g/mol. The van der Waals surface area contributed by atoms with Crippen molar-refractivity contribution in [2.24, 2.45) is 0 Å². The molecule has 27 heavy (non-hydrogen) atoms. The topological polar surface area (TPSA) is 50.2 Å². The van der Waals surface area contributed by atoms with Gasteiger partial charge < -0.3 is 10.2 Å². The molecule has 0 radical (unpaired) electrons. The van der Waals surface area contributed by atoms with Gasteiger partial charge in [0, 0.05) is 37.8 Å². The van der Waals surface area contributed by atoms with E-state index in [0.29, 0.717) is 12.0 Å². The Kier molecular flexibility index (Phi) is 6.55. The molecule has 2 heterocycles. The van der Waals surface area contributed by atoms with Crippen LogP contribution in [0, 0.1) is 11.6 Å². The molecular weight excluding hydrogens is 350 g/mol. The van der Waals surface area contributed by atoms with Gasteiger partial charge in [0.05, 0.1) is 17.6 Å². The Morgan fingerprint density at radius 3 is 2.44 bits per heavy atom. The molecule has 0 bridgehead atoms. The number of benzene rings is 1. The highest BCUT2D eigenvalue weighted by Gasteiger charge is 2.19. The summed E-state index contributed by atoms with van der Waals surface area (Å²) < 4.78 is 28.3. The van der Waals surface area contributed by atoms with Gasteiger partial charge in [0.15, 0.2) is 0 Å². The Balaban J connectivity index is 1.99. The molecule has 7 heteroatoms. The van der Waals surface area contributed by atoms with Crippen LogP contribution in [0.1, 0.15) is 38.2 Å². The van der Waals surface area contributed by atoms with Gasteiger partial charge in [-0.15, -0.1) is 0 Å². The van der Waals surface area contributed by atoms with E-state index < -0.39 is 11.6 Å². The van der Waals surface area contributed by atoms with Gasteiger partial charge in [0.2, 0.25) is 0 Å². The van der Waals surface area contributed by atoms with E-state index in [2.05, 4.69) is 22.2 Å². The van der Waals surface area contributed by atoms with Crippen LogP contribution in [0.5, 0.6) is 0 Å². The lowest BCUT2D eigenvalue weighted by Crippen LogP contribution is -2.45. The molecule has 1 N–H and O–H groups in total. The molecular formula is C20H26F2N4O. The number of halogens is 2. The summed E-state index contributed by atoms with van der Waals surface area (Å²) in [5.74, 6) is -1.45. The van der Waals surface area contributed by atoms with E-state index in [1.165, 1.54) is 0 Å². The van der Waals surface area contributed by atoms with Crippen LogP contribution >= 0.6 is 0 Å². The zero-order chi connectivity index (χ0) is 19.2. The van der Waals surface area contributed by atoms with Crippen LogP contribution in [0.25, 0.3) is 5.69 Å². The minimum atomic E-state index is -0.727. The highest BCUT2D eigenvalue weighted by atomic mass is 19.1. The number of nitrogens with zero attached hydrogens (tertiary/aromatic N) is 3. The fourth-order valence-electron chi connectivity index (χ4n) is 3.47. The van der Waals surface area contributed by atoms with Gasteiger partial charge >= 0.3 is 0 Å². The molecule has 0 unspecified atom stereocenters. The summed E-state index contributed by atoms with van der Waals surface area (Å²) in [6.45, 7) is 5.47. The molecule has 0 spiro atoms. The summed E-state index contributed by atoms with van der Waals surface area (Å²) in [6, 6.07) is 3.04. The third-order valence-corrected chi connectivity index (χ3v) is 4.89. The van der Waals surface area contributed by atoms with Crippen molar-refractivity contribution in [3.05, 3.63) is 51.9 Å². The van der Waals surface area contributed by atoms with Crippen molar-refractivity contribution in [2.45, 2.75) is 39.0 Å². The Labute approximate surface area is 158 Å². The normalized spacial score (nSPS) is 14.6. The SMILES string of the molecule is CCCCCCc1c(N2CCNCC2)cnn(-c2cc(F)cc(F)c2)c1=O. The van der Waals surface area contributed by atoms with Crippen molar-refractivity contribution in [1.82, 2.24) is 15.1 Å². The molecule has 1 aromatic carbocycles. The van der Waals surface area contributed by atoms with Crippen LogP contribution in [0.2, 0.25) is 0 Å². The van der Waals surface area contributed by atoms with E-state index in [4.69, 9.17) is 0 Å². The second-order valence-corrected chi connectivity index (χ2v) is 6.90. The predicted octanol–water partition coefficient (Wildman–Crippen LogP) is 3.04. The Bertz CT molecular complexity index is 811. The van der Waals surface area contributed by atoms with Crippen LogP contribution in [0.15, 0.2) is 29.2 Å². The van der Waals surface area contributed by atoms with Crippen molar-refractivity contribution in [1.29, 1.82) is 0 Å². The first-order valence-electron chi connectivity index (χ1n) is 9.63. The highest BCUT2D eigenvalue weighted by Crippen LogP contribution is 2.21. The standard InChI is InChI=1S/C20H26F2N4O/c1-2-3-4-5-6-18-19(25-9-7-23-8-10-25)14-24-26(20(18)27)17-12-15(21)11-16(22)13-17/h11-14,23H,2-10H2,1H3. The Hall–Kier alpha value is -2.28. The molecule has 1 saturated heterocycles. The third-order valence-electron chi connectivity index (χ3n) is 4.89. The number of nitrogens with one attached hydrogen (secondary N) is 1. The summed E-state index contributed by atoms with van der Waals surface area (Å²) in [5, 5.41) is 7.52. The van der Waals surface area contributed by atoms with Crippen molar-refractivity contribution in [3.63, 3.8) is 0 Å². The third kappa shape index (κ3) is 4.71. The molecule has 1 aliphatic heterocycles. The molecule has 1 fully saturated rings. The Morgan fingerprint density at radius 2 is 1.78 bits per heavy atom. The second-order valence-electron chi connectivity index (χ2n) is 6.90. The van der Waals surface area contributed by atoms with Crippen LogP contribution in [0.4, 0.5) is 14.5 Å². The van der Waals surface area contributed by atoms with E-state index >= 15 is 0 Å². The average Bonchev–Trinajstić information content (AvgIpc) is 2.66. The van der Waals surface area contributed by atoms with Gasteiger partial charge in [-0.2, -0.15) is 9.78 Å². The molecule has 1 aliphatic rings. The molecule has 5 nitrogen and oxygen atoms in total. The van der Waals surface area contributed by atoms with Gasteiger partial charge in [-0.25, -0.2) is 8.78 Å². The van der Waals surface area contributed by atoms with Crippen LogP contribution < -0.4 is 15.8 Å². The van der Waals surface area contributed by atoms with E-state index in [-0.39, 0.29) is 11.2 Å². The lowest BCUT2D eigenvalue weighted by atomic mass is 10.1. The largest absolute Gasteiger partial charge is 0.367 e. The molecule has 0 amide bonds. The van der Waals surface area contributed by atoms with Crippen LogP contribution in [-0.4, -0.2) is 36.0 Å². The van der Waals surface area contributed by atoms with Crippen molar-refractivity contribution in [3.8, 4) is 5.69 Å². The molecule has 1 aromatic heterocycles. The van der Waals surface area contributed by atoms with Crippen molar-refractivity contribution in [2.75, 3.05) is 31.1 Å². The number of hydrogen-bond acceptors (Lipinski definition) is 4. The zero-order valence-electron chi connectivity index (χ0n) is 15.7. The smallest absolute Gasteiger partial charge is 0.276 e. The number of rotatable bonds is 7. The average molecular weight is 376 g/mol. The lowest BCUT2D eigenvalue weighted by molar-refractivity contribution is 0.575. The molecule has 2 aromatic rings. The van der Waals surface area contributed by atoms with E-state index in [0.717, 1.165) is 80.4 Å². The minimum Gasteiger partial charge on any atom is -0.367 e. The number of anilines is 1. The first kappa shape index (κ1) is 19.5. The maximum atomic E-state index is 13.6. The van der Waals surface area contributed by atoms with Gasteiger partial charge in [0.1, 0.15) is 11.6 Å². The molecule has 0 saturated carbocycles. The summed E-state index contributed by atoms with van der Waals surface area (Å²) >= 11 is 0. The maximum Gasteiger partial charge on any atom is 0.276 e. The number of piperazine rings is 1. The second kappa shape index (κ2) is 9.08. The van der Waals surface area contributed by atoms with Gasteiger partial charge in [-0.1, -0.05) is 26.2 Å². The number of aromatic nitrogens is 2. The molecule has 0 atom stereocenters. The molecule has 0 aliphatic carbocycles. The first-order chi connectivity index (χ1) is 13.1. The lowest BCUT2D eigenvalue weighted by Gasteiger charge is -2.30. The molecule has 146 valence electrons. The zero-order valence-corrected chi connectivity index (χ0v) is 15.7. The van der Waals surface area contributed by atoms with Crippen LogP contribution in [0.3, 0.4) is 0 Å². The fraction of sp³-hybridized carbons (Fsp3) is 0.500. The quantitative estimate of drug-likeness (QED) is 0.755. The van der Waals surface area contributed by atoms with E-state index in [1.54, 1.807) is 6.20 Å². The van der Waals surface area contributed by atoms with Crippen molar-refractivity contribution < 1.29 is 8.78 Å². The number of unbranched alkanes of at least 4 members (excludes halogenated alkanes) is 3. The summed E-state index contributed by atoms with van der Waals surface area (Å²) in [6.07, 6.45) is 6.49. The van der Waals surface area contributed by atoms with Crippen LogP contribution in [-0.2, 0) is 6.42 Å². The fourth-order valence-corrected chi connectivity index (χ4v) is 3.47. The summed E-state index contributed by atoms with van der Waals surface area (Å²) in [7, 11) is 0. The van der Waals surface area contributed by atoms with Gasteiger partial charge in [-0.05, 0) is 25.0 Å². The summed E-state index contributed by atoms with van der Waals surface area (Å²) in [4.78, 5) is 15.3. The first-order valence-corrected chi connectivity index (χ1v) is 9.63. The Morgan fingerprint density at radius 1 is 1.07 bits per heavy atom. The maximum absolute atomic E-state index is 13.6. The molecule has 3 rings (SSSR count). The minimum absolute atomic E-state index is 0.110.